The van der Waals surface area contributed by atoms with Crippen LogP contribution < -0.4 is 4.74 Å². The van der Waals surface area contributed by atoms with Crippen LogP contribution in [0.1, 0.15) is 35.4 Å². The third kappa shape index (κ3) is 2.40. The molecule has 0 radical (unpaired) electrons. The highest BCUT2D eigenvalue weighted by atomic mass is 16.5. The number of hydrogen-bond donors (Lipinski definition) is 0. The van der Waals surface area contributed by atoms with Crippen molar-refractivity contribution < 1.29 is 4.74 Å². The number of benzene rings is 3. The van der Waals surface area contributed by atoms with Crippen molar-refractivity contribution >= 4 is 5.71 Å². The van der Waals surface area contributed by atoms with Crippen LogP contribution in [0.3, 0.4) is 0 Å². The van der Waals surface area contributed by atoms with E-state index in [1.807, 2.05) is 30.3 Å². The average Bonchev–Trinajstić information content (AvgIpc) is 3.14. The zero-order valence-electron chi connectivity index (χ0n) is 13.7. The van der Waals surface area contributed by atoms with Crippen molar-refractivity contribution in [2.45, 2.75) is 18.7 Å². The summed E-state index contributed by atoms with van der Waals surface area (Å²) in [6, 6.07) is 29.3. The molecule has 3 heteroatoms. The van der Waals surface area contributed by atoms with Gasteiger partial charge in [0.2, 0.25) is 6.23 Å². The van der Waals surface area contributed by atoms with E-state index in [0.29, 0.717) is 0 Å². The lowest BCUT2D eigenvalue weighted by molar-refractivity contribution is -0.0190. The van der Waals surface area contributed by atoms with Crippen LogP contribution in [0, 0.1) is 0 Å². The third-order valence-electron chi connectivity index (χ3n) is 4.89. The highest BCUT2D eigenvalue weighted by Gasteiger charge is 2.40. The van der Waals surface area contributed by atoms with E-state index in [0.717, 1.165) is 23.4 Å². The van der Waals surface area contributed by atoms with E-state index >= 15 is 0 Å². The molecule has 122 valence electrons. The van der Waals surface area contributed by atoms with Crippen molar-refractivity contribution in [1.82, 2.24) is 5.01 Å². The second-order valence-corrected chi connectivity index (χ2v) is 6.43. The predicted octanol–water partition coefficient (Wildman–Crippen LogP) is 4.93. The molecule has 5 rings (SSSR count). The van der Waals surface area contributed by atoms with Crippen LogP contribution in [0.15, 0.2) is 90.0 Å². The van der Waals surface area contributed by atoms with Crippen LogP contribution in [-0.4, -0.2) is 10.7 Å². The third-order valence-corrected chi connectivity index (χ3v) is 4.89. The van der Waals surface area contributed by atoms with E-state index < -0.39 is 0 Å². The number of hydrazone groups is 1. The lowest BCUT2D eigenvalue weighted by Gasteiger charge is -2.38. The SMILES string of the molecule is c1ccc(C2=NN3[C@H](C2)c2ccccc2O[C@H]3c2ccccc2)cc1. The summed E-state index contributed by atoms with van der Waals surface area (Å²) in [7, 11) is 0. The summed E-state index contributed by atoms with van der Waals surface area (Å²) in [5.41, 5.74) is 4.64. The first-order valence-electron chi connectivity index (χ1n) is 8.62. The summed E-state index contributed by atoms with van der Waals surface area (Å²) >= 11 is 0. The van der Waals surface area contributed by atoms with Gasteiger partial charge in [0.1, 0.15) is 5.75 Å². The van der Waals surface area contributed by atoms with Gasteiger partial charge < -0.3 is 4.74 Å². The molecule has 0 spiro atoms. The molecule has 0 aliphatic carbocycles. The molecule has 2 aliphatic heterocycles. The minimum atomic E-state index is -0.192. The van der Waals surface area contributed by atoms with E-state index in [1.165, 1.54) is 11.1 Å². The van der Waals surface area contributed by atoms with Gasteiger partial charge in [0.15, 0.2) is 0 Å². The fourth-order valence-corrected chi connectivity index (χ4v) is 3.68. The van der Waals surface area contributed by atoms with Crippen LogP contribution >= 0.6 is 0 Å². The summed E-state index contributed by atoms with van der Waals surface area (Å²) in [5.74, 6) is 0.960. The second kappa shape index (κ2) is 5.78. The van der Waals surface area contributed by atoms with E-state index in [9.17, 15) is 0 Å². The molecule has 0 fully saturated rings. The fraction of sp³-hybridized carbons (Fsp3) is 0.136. The molecule has 0 amide bonds. The largest absolute Gasteiger partial charge is 0.464 e. The number of hydrogen-bond acceptors (Lipinski definition) is 3. The summed E-state index contributed by atoms with van der Waals surface area (Å²) in [4.78, 5) is 0. The molecule has 0 aromatic heterocycles. The van der Waals surface area contributed by atoms with Gasteiger partial charge >= 0.3 is 0 Å². The first kappa shape index (κ1) is 14.3. The standard InChI is InChI=1S/C22H18N2O/c1-3-9-16(10-4-1)19-15-20-18-13-7-8-14-21(18)25-22(24(20)23-19)17-11-5-2-6-12-17/h1-14,20,22H,15H2/t20-,22+/m1/s1. The maximum Gasteiger partial charge on any atom is 0.213 e. The quantitative estimate of drug-likeness (QED) is 0.667. The van der Waals surface area contributed by atoms with Crippen LogP contribution in [0.25, 0.3) is 0 Å². The maximum atomic E-state index is 6.33. The molecule has 3 aromatic rings. The van der Waals surface area contributed by atoms with Crippen molar-refractivity contribution in [3.05, 3.63) is 102 Å². The van der Waals surface area contributed by atoms with Gasteiger partial charge in [-0.1, -0.05) is 78.9 Å². The zero-order chi connectivity index (χ0) is 16.6. The van der Waals surface area contributed by atoms with Crippen LogP contribution in [-0.2, 0) is 0 Å². The number of fused-ring (bicyclic) bond motifs is 3. The Morgan fingerprint density at radius 1 is 0.800 bits per heavy atom. The Hall–Kier alpha value is -3.07. The zero-order valence-corrected chi connectivity index (χ0v) is 13.7. The number of ether oxygens (including phenoxy) is 1. The van der Waals surface area contributed by atoms with Crippen molar-refractivity contribution in [3.63, 3.8) is 0 Å². The smallest absolute Gasteiger partial charge is 0.213 e. The second-order valence-electron chi connectivity index (χ2n) is 6.43. The monoisotopic (exact) mass is 326 g/mol. The first-order chi connectivity index (χ1) is 12.4. The summed E-state index contributed by atoms with van der Waals surface area (Å²) in [5, 5.41) is 7.09. The summed E-state index contributed by atoms with van der Waals surface area (Å²) < 4.78 is 6.33. The lowest BCUT2D eigenvalue weighted by Crippen LogP contribution is -2.33. The Kier molecular flexibility index (Phi) is 3.30. The molecule has 0 bridgehead atoms. The topological polar surface area (TPSA) is 24.8 Å². The Labute approximate surface area is 147 Å². The average molecular weight is 326 g/mol. The molecule has 3 nitrogen and oxygen atoms in total. The van der Waals surface area contributed by atoms with Gasteiger partial charge in [0, 0.05) is 17.5 Å². The van der Waals surface area contributed by atoms with Gasteiger partial charge in [-0.05, 0) is 11.6 Å². The lowest BCUT2D eigenvalue weighted by atomic mass is 9.96. The highest BCUT2D eigenvalue weighted by Crippen LogP contribution is 2.47. The molecule has 2 aliphatic rings. The van der Waals surface area contributed by atoms with Gasteiger partial charge in [-0.2, -0.15) is 5.10 Å². The number of rotatable bonds is 2. The molecule has 2 heterocycles. The molecule has 0 unspecified atom stereocenters. The molecule has 0 saturated heterocycles. The summed E-state index contributed by atoms with van der Waals surface area (Å²) in [6.07, 6.45) is 0.704. The minimum absolute atomic E-state index is 0.192. The van der Waals surface area contributed by atoms with Crippen molar-refractivity contribution in [1.29, 1.82) is 0 Å². The first-order valence-corrected chi connectivity index (χ1v) is 8.62. The fourth-order valence-electron chi connectivity index (χ4n) is 3.68. The predicted molar refractivity (Wildman–Crippen MR) is 98.4 cm³/mol. The molecule has 25 heavy (non-hydrogen) atoms. The van der Waals surface area contributed by atoms with Crippen LogP contribution in [0.2, 0.25) is 0 Å². The molecule has 2 atom stereocenters. The van der Waals surface area contributed by atoms with Crippen molar-refractivity contribution in [2.75, 3.05) is 0 Å². The Balaban J connectivity index is 1.61. The van der Waals surface area contributed by atoms with E-state index in [2.05, 4.69) is 59.6 Å². The molecular weight excluding hydrogens is 308 g/mol. The number of para-hydroxylation sites is 1. The van der Waals surface area contributed by atoms with Gasteiger partial charge in [-0.3, -0.25) is 0 Å². The Bertz CT molecular complexity index is 921. The maximum absolute atomic E-state index is 6.33. The molecule has 3 aromatic carbocycles. The van der Waals surface area contributed by atoms with Crippen molar-refractivity contribution in [3.8, 4) is 5.75 Å². The normalized spacial score (nSPS) is 21.1. The van der Waals surface area contributed by atoms with Crippen molar-refractivity contribution in [2.24, 2.45) is 5.10 Å². The molecule has 0 N–H and O–H groups in total. The van der Waals surface area contributed by atoms with E-state index in [1.54, 1.807) is 0 Å². The molecular formula is C22H18N2O. The number of nitrogens with zero attached hydrogens (tertiary/aromatic N) is 2. The van der Waals surface area contributed by atoms with Gasteiger partial charge in [0.25, 0.3) is 0 Å². The van der Waals surface area contributed by atoms with Gasteiger partial charge in [-0.25, -0.2) is 5.01 Å². The highest BCUT2D eigenvalue weighted by molar-refractivity contribution is 6.01. The molecule has 0 saturated carbocycles. The summed E-state index contributed by atoms with van der Waals surface area (Å²) in [6.45, 7) is 0. The van der Waals surface area contributed by atoms with Crippen LogP contribution in [0.4, 0.5) is 0 Å². The van der Waals surface area contributed by atoms with E-state index in [4.69, 9.17) is 9.84 Å². The van der Waals surface area contributed by atoms with E-state index in [-0.39, 0.29) is 12.3 Å². The Morgan fingerprint density at radius 3 is 2.28 bits per heavy atom. The van der Waals surface area contributed by atoms with Gasteiger partial charge in [0.05, 0.1) is 11.8 Å². The minimum Gasteiger partial charge on any atom is -0.464 e. The van der Waals surface area contributed by atoms with Crippen LogP contribution in [0.5, 0.6) is 5.75 Å². The Morgan fingerprint density at radius 2 is 1.48 bits per heavy atom. The van der Waals surface area contributed by atoms with Gasteiger partial charge in [-0.15, -0.1) is 0 Å².